The number of methoxy groups -OCH3 is 2. The minimum atomic E-state index is -0.428. The van der Waals surface area contributed by atoms with Gasteiger partial charge < -0.3 is 18.6 Å². The molecule has 0 amide bonds. The molecule has 1 heterocycles. The van der Waals surface area contributed by atoms with Crippen molar-refractivity contribution in [1.29, 1.82) is 0 Å². The van der Waals surface area contributed by atoms with Crippen LogP contribution >= 0.6 is 0 Å². The molecular weight excluding hydrogens is 248 g/mol. The van der Waals surface area contributed by atoms with E-state index in [9.17, 15) is 4.79 Å². The molecule has 0 fully saturated rings. The number of para-hydroxylation sites is 1. The smallest absolute Gasteiger partial charge is 0.343 e. The predicted molar refractivity (Wildman–Crippen MR) is 69.3 cm³/mol. The lowest BCUT2D eigenvalue weighted by atomic mass is 10.1. The third-order valence-corrected chi connectivity index (χ3v) is 2.79. The van der Waals surface area contributed by atoms with Crippen molar-refractivity contribution in [3.63, 3.8) is 0 Å². The van der Waals surface area contributed by atoms with Gasteiger partial charge in [0.25, 0.3) is 0 Å². The van der Waals surface area contributed by atoms with Gasteiger partial charge in [-0.2, -0.15) is 0 Å². The van der Waals surface area contributed by atoms with E-state index in [4.69, 9.17) is 13.9 Å². The average Bonchev–Trinajstić information content (AvgIpc) is 2.86. The predicted octanol–water partition coefficient (Wildman–Crippen LogP) is 2.17. The normalized spacial score (nSPS) is 10.6. The zero-order chi connectivity index (χ0) is 13.7. The number of hydrogen-bond donors (Lipinski definition) is 0. The lowest BCUT2D eigenvalue weighted by Crippen LogP contribution is -2.12. The first-order valence-electron chi connectivity index (χ1n) is 5.94. The number of rotatable bonds is 6. The number of fused-ring (bicyclic) bond motifs is 1. The van der Waals surface area contributed by atoms with E-state index >= 15 is 0 Å². The zero-order valence-electron chi connectivity index (χ0n) is 11.0. The molecule has 0 radical (unpaired) electrons. The van der Waals surface area contributed by atoms with E-state index in [0.717, 1.165) is 17.4 Å². The Kier molecular flexibility index (Phi) is 4.41. The second kappa shape index (κ2) is 6.24. The van der Waals surface area contributed by atoms with Gasteiger partial charge in [-0.3, -0.25) is 0 Å². The summed E-state index contributed by atoms with van der Waals surface area (Å²) in [7, 11) is 2.98. The molecular formula is C14H16O5. The van der Waals surface area contributed by atoms with Crippen LogP contribution in [0.3, 0.4) is 0 Å². The van der Waals surface area contributed by atoms with Crippen molar-refractivity contribution in [2.75, 3.05) is 27.4 Å². The van der Waals surface area contributed by atoms with Crippen LogP contribution in [0.25, 0.3) is 11.0 Å². The molecule has 5 heteroatoms. The molecule has 0 bridgehead atoms. The molecule has 19 heavy (non-hydrogen) atoms. The molecule has 0 atom stereocenters. The highest BCUT2D eigenvalue weighted by molar-refractivity contribution is 5.86. The summed E-state index contributed by atoms with van der Waals surface area (Å²) in [4.78, 5) is 11.1. The van der Waals surface area contributed by atoms with Gasteiger partial charge in [0.05, 0.1) is 20.0 Å². The Balaban J connectivity index is 2.21. The van der Waals surface area contributed by atoms with E-state index in [-0.39, 0.29) is 6.61 Å². The summed E-state index contributed by atoms with van der Waals surface area (Å²) in [5, 5.41) is 0.972. The Morgan fingerprint density at radius 2 is 2.16 bits per heavy atom. The lowest BCUT2D eigenvalue weighted by Gasteiger charge is -2.05. The van der Waals surface area contributed by atoms with E-state index < -0.39 is 5.97 Å². The van der Waals surface area contributed by atoms with Crippen LogP contribution in [0, 0.1) is 0 Å². The van der Waals surface area contributed by atoms with Crippen LogP contribution in [0.2, 0.25) is 0 Å². The fourth-order valence-electron chi connectivity index (χ4n) is 1.80. The van der Waals surface area contributed by atoms with E-state index in [1.807, 2.05) is 12.1 Å². The maximum absolute atomic E-state index is 11.1. The Morgan fingerprint density at radius 1 is 1.32 bits per heavy atom. The molecule has 102 valence electrons. The van der Waals surface area contributed by atoms with Crippen LogP contribution in [-0.4, -0.2) is 33.4 Å². The fraction of sp³-hybridized carbons (Fsp3) is 0.357. The summed E-state index contributed by atoms with van der Waals surface area (Å²) in [5.41, 5.74) is 1.69. The largest absolute Gasteiger partial charge is 0.478 e. The second-order valence-corrected chi connectivity index (χ2v) is 4.00. The topological polar surface area (TPSA) is 57.9 Å². The van der Waals surface area contributed by atoms with Crippen LogP contribution < -0.4 is 4.74 Å². The first-order chi connectivity index (χ1) is 9.26. The average molecular weight is 264 g/mol. The van der Waals surface area contributed by atoms with E-state index in [1.54, 1.807) is 19.4 Å². The van der Waals surface area contributed by atoms with Gasteiger partial charge in [0.2, 0.25) is 0 Å². The monoisotopic (exact) mass is 264 g/mol. The molecule has 0 aliphatic rings. The molecule has 0 N–H and O–H groups in total. The van der Waals surface area contributed by atoms with Gasteiger partial charge in [0, 0.05) is 18.1 Å². The Bertz CT molecular complexity index is 558. The number of benzene rings is 1. The third kappa shape index (κ3) is 3.06. The highest BCUT2D eigenvalue weighted by atomic mass is 16.6. The summed E-state index contributed by atoms with van der Waals surface area (Å²) in [6.45, 7) is 0.492. The maximum atomic E-state index is 11.1. The first kappa shape index (κ1) is 13.4. The van der Waals surface area contributed by atoms with Crippen LogP contribution in [0.4, 0.5) is 0 Å². The van der Waals surface area contributed by atoms with E-state index in [0.29, 0.717) is 17.9 Å². The van der Waals surface area contributed by atoms with Gasteiger partial charge >= 0.3 is 5.97 Å². The summed E-state index contributed by atoms with van der Waals surface area (Å²) in [6.07, 6.45) is 2.46. The minimum Gasteiger partial charge on any atom is -0.478 e. The summed E-state index contributed by atoms with van der Waals surface area (Å²) >= 11 is 0. The van der Waals surface area contributed by atoms with Crippen molar-refractivity contribution >= 4 is 16.9 Å². The van der Waals surface area contributed by atoms with E-state index in [1.165, 1.54) is 7.11 Å². The summed E-state index contributed by atoms with van der Waals surface area (Å²) < 4.78 is 20.5. The highest BCUT2D eigenvalue weighted by Gasteiger charge is 2.11. The SMILES string of the molecule is COCCc1coc2c(OCC(=O)OC)cccc12. The van der Waals surface area contributed by atoms with Gasteiger partial charge in [-0.1, -0.05) is 12.1 Å². The number of furan rings is 1. The van der Waals surface area contributed by atoms with Crippen molar-refractivity contribution in [3.05, 3.63) is 30.0 Å². The molecule has 2 rings (SSSR count). The quantitative estimate of drug-likeness (QED) is 0.748. The number of carbonyl (C=O) groups is 1. The molecule has 0 aliphatic carbocycles. The molecule has 5 nitrogen and oxygen atoms in total. The van der Waals surface area contributed by atoms with Gasteiger partial charge in [-0.05, 0) is 12.5 Å². The Morgan fingerprint density at radius 3 is 2.89 bits per heavy atom. The fourth-order valence-corrected chi connectivity index (χ4v) is 1.80. The number of ether oxygens (including phenoxy) is 3. The molecule has 0 unspecified atom stereocenters. The van der Waals surface area contributed by atoms with Crippen LogP contribution in [0.1, 0.15) is 5.56 Å². The number of carbonyl (C=O) groups excluding carboxylic acids is 1. The van der Waals surface area contributed by atoms with E-state index in [2.05, 4.69) is 4.74 Å². The molecule has 1 aromatic carbocycles. The third-order valence-electron chi connectivity index (χ3n) is 2.79. The van der Waals surface area contributed by atoms with Gasteiger partial charge in [-0.15, -0.1) is 0 Å². The molecule has 0 aliphatic heterocycles. The second-order valence-electron chi connectivity index (χ2n) is 4.00. The summed E-state index contributed by atoms with van der Waals surface area (Å²) in [5.74, 6) is 0.106. The van der Waals surface area contributed by atoms with Crippen molar-refractivity contribution in [1.82, 2.24) is 0 Å². The molecule has 0 spiro atoms. The van der Waals surface area contributed by atoms with Crippen molar-refractivity contribution in [3.8, 4) is 5.75 Å². The molecule has 2 aromatic rings. The zero-order valence-corrected chi connectivity index (χ0v) is 11.0. The van der Waals surface area contributed by atoms with Crippen molar-refractivity contribution in [2.45, 2.75) is 6.42 Å². The minimum absolute atomic E-state index is 0.135. The van der Waals surface area contributed by atoms with Crippen LogP contribution in [0.5, 0.6) is 5.75 Å². The van der Waals surface area contributed by atoms with Gasteiger partial charge in [-0.25, -0.2) is 4.79 Å². The molecule has 0 saturated carbocycles. The molecule has 0 saturated heterocycles. The lowest BCUT2D eigenvalue weighted by molar-refractivity contribution is -0.142. The Hall–Kier alpha value is -2.01. The van der Waals surface area contributed by atoms with Crippen LogP contribution in [-0.2, 0) is 20.7 Å². The number of esters is 1. The molecule has 1 aromatic heterocycles. The first-order valence-corrected chi connectivity index (χ1v) is 5.94. The number of hydrogen-bond acceptors (Lipinski definition) is 5. The maximum Gasteiger partial charge on any atom is 0.343 e. The van der Waals surface area contributed by atoms with Crippen molar-refractivity contribution in [2.24, 2.45) is 0 Å². The van der Waals surface area contributed by atoms with Crippen LogP contribution in [0.15, 0.2) is 28.9 Å². The standard InChI is InChI=1S/C14H16O5/c1-16-7-6-10-8-19-14-11(10)4-3-5-12(14)18-9-13(15)17-2/h3-5,8H,6-7,9H2,1-2H3. The highest BCUT2D eigenvalue weighted by Crippen LogP contribution is 2.30. The Labute approximate surface area is 111 Å². The van der Waals surface area contributed by atoms with Gasteiger partial charge in [0.1, 0.15) is 0 Å². The van der Waals surface area contributed by atoms with Gasteiger partial charge in [0.15, 0.2) is 17.9 Å². The summed E-state index contributed by atoms with van der Waals surface area (Å²) in [6, 6.07) is 5.57. The van der Waals surface area contributed by atoms with Crippen molar-refractivity contribution < 1.29 is 23.4 Å².